The topological polar surface area (TPSA) is 113 Å². The van der Waals surface area contributed by atoms with Crippen molar-refractivity contribution in [2.24, 2.45) is 0 Å². The van der Waals surface area contributed by atoms with Crippen LogP contribution in [0.2, 0.25) is 0 Å². The van der Waals surface area contributed by atoms with E-state index in [1.165, 1.54) is 0 Å². The standard InChI is InChI=1S/C40H44N6O/c1-5-31(6-2)43-39(41)29-11-9-27-21-35(45-37(27)23-29)25-13-17-33(18-14-25)47-34-19-15-26(16-20-34)36-22-28-10-12-30(24-38(28)46-36)40(42)44-32(7-3)8-4/h9-24,31-32,45-46H,5-8H2,1-4H3,(H2,41,43)(H2,42,44). The second-order valence-corrected chi connectivity index (χ2v) is 12.2. The highest BCUT2D eigenvalue weighted by Crippen LogP contribution is 2.31. The molecular weight excluding hydrogens is 580 g/mol. The number of aromatic amines is 2. The fourth-order valence-electron chi connectivity index (χ4n) is 5.98. The number of aromatic nitrogens is 2. The Hall–Kier alpha value is -5.30. The van der Waals surface area contributed by atoms with Crippen molar-refractivity contribution in [3.05, 3.63) is 108 Å². The Labute approximate surface area is 276 Å². The Morgan fingerprint density at radius 2 is 0.936 bits per heavy atom. The fourth-order valence-corrected chi connectivity index (χ4v) is 5.98. The summed E-state index contributed by atoms with van der Waals surface area (Å²) in [5.41, 5.74) is 7.98. The second-order valence-electron chi connectivity index (χ2n) is 12.2. The minimum atomic E-state index is 0.314. The average Bonchev–Trinajstić information content (AvgIpc) is 3.74. The number of fused-ring (bicyclic) bond motifs is 2. The summed E-state index contributed by atoms with van der Waals surface area (Å²) in [6.45, 7) is 8.58. The molecule has 0 aliphatic rings. The van der Waals surface area contributed by atoms with Crippen LogP contribution in [0.15, 0.2) is 97.1 Å². The van der Waals surface area contributed by atoms with Crippen LogP contribution in [0.5, 0.6) is 11.5 Å². The summed E-state index contributed by atoms with van der Waals surface area (Å²) in [6.07, 6.45) is 3.98. The number of H-pyrrole nitrogens is 2. The minimum absolute atomic E-state index is 0.314. The van der Waals surface area contributed by atoms with Crippen molar-refractivity contribution in [3.8, 4) is 34.0 Å². The summed E-state index contributed by atoms with van der Waals surface area (Å²) in [4.78, 5) is 7.06. The van der Waals surface area contributed by atoms with E-state index in [9.17, 15) is 0 Å². The molecule has 2 aromatic heterocycles. The third kappa shape index (κ3) is 7.09. The zero-order chi connectivity index (χ0) is 32.9. The van der Waals surface area contributed by atoms with E-state index in [1.807, 2.05) is 48.5 Å². The van der Waals surface area contributed by atoms with Crippen LogP contribution in [0, 0.1) is 10.8 Å². The van der Waals surface area contributed by atoms with Crippen molar-refractivity contribution in [1.29, 1.82) is 10.8 Å². The van der Waals surface area contributed by atoms with Crippen LogP contribution in [0.25, 0.3) is 44.3 Å². The van der Waals surface area contributed by atoms with Crippen molar-refractivity contribution in [2.75, 3.05) is 0 Å². The fraction of sp³-hybridized carbons (Fsp3) is 0.250. The van der Waals surface area contributed by atoms with Gasteiger partial charge in [0.05, 0.1) is 0 Å². The maximum Gasteiger partial charge on any atom is 0.127 e. The van der Waals surface area contributed by atoms with Crippen LogP contribution in [0.3, 0.4) is 0 Å². The molecule has 0 aliphatic carbocycles. The molecule has 0 spiro atoms. The third-order valence-corrected chi connectivity index (χ3v) is 9.06. The lowest BCUT2D eigenvalue weighted by Crippen LogP contribution is -2.33. The van der Waals surface area contributed by atoms with Crippen LogP contribution < -0.4 is 15.4 Å². The molecule has 240 valence electrons. The van der Waals surface area contributed by atoms with Gasteiger partial charge in [-0.3, -0.25) is 10.8 Å². The molecule has 6 N–H and O–H groups in total. The summed E-state index contributed by atoms with van der Waals surface area (Å²) >= 11 is 0. The van der Waals surface area contributed by atoms with Gasteiger partial charge in [-0.1, -0.05) is 52.0 Å². The van der Waals surface area contributed by atoms with Crippen molar-refractivity contribution in [2.45, 2.75) is 65.5 Å². The van der Waals surface area contributed by atoms with E-state index < -0.39 is 0 Å². The average molecular weight is 625 g/mol. The van der Waals surface area contributed by atoms with Gasteiger partial charge in [-0.15, -0.1) is 0 Å². The lowest BCUT2D eigenvalue weighted by molar-refractivity contribution is 0.483. The highest BCUT2D eigenvalue weighted by Gasteiger charge is 2.12. The third-order valence-electron chi connectivity index (χ3n) is 9.06. The summed E-state index contributed by atoms with van der Waals surface area (Å²) in [6, 6.07) is 33.4. The van der Waals surface area contributed by atoms with Gasteiger partial charge < -0.3 is 25.3 Å². The van der Waals surface area contributed by atoms with Gasteiger partial charge in [0, 0.05) is 56.4 Å². The van der Waals surface area contributed by atoms with Gasteiger partial charge in [0.15, 0.2) is 0 Å². The smallest absolute Gasteiger partial charge is 0.127 e. The number of hydrogen-bond donors (Lipinski definition) is 6. The molecule has 4 aromatic carbocycles. The monoisotopic (exact) mass is 624 g/mol. The molecule has 0 saturated heterocycles. The molecule has 0 saturated carbocycles. The molecular formula is C40H44N6O. The number of hydrogen-bond acceptors (Lipinski definition) is 3. The normalized spacial score (nSPS) is 11.4. The predicted molar refractivity (Wildman–Crippen MR) is 196 cm³/mol. The van der Waals surface area contributed by atoms with Gasteiger partial charge in [0.2, 0.25) is 0 Å². The quantitative estimate of drug-likeness (QED) is 0.0602. The Morgan fingerprint density at radius 1 is 0.553 bits per heavy atom. The maximum absolute atomic E-state index is 8.51. The van der Waals surface area contributed by atoms with Gasteiger partial charge in [0.1, 0.15) is 23.2 Å². The molecule has 0 radical (unpaired) electrons. The predicted octanol–water partition coefficient (Wildman–Crippen LogP) is 9.98. The molecule has 47 heavy (non-hydrogen) atoms. The number of ether oxygens (including phenoxy) is 1. The van der Waals surface area contributed by atoms with Crippen LogP contribution >= 0.6 is 0 Å². The first-order valence-electron chi connectivity index (χ1n) is 16.7. The van der Waals surface area contributed by atoms with Crippen molar-refractivity contribution in [1.82, 2.24) is 20.6 Å². The van der Waals surface area contributed by atoms with Gasteiger partial charge >= 0.3 is 0 Å². The molecule has 0 atom stereocenters. The molecule has 0 aliphatic heterocycles. The number of nitrogens with one attached hydrogen (secondary N) is 6. The van der Waals surface area contributed by atoms with Crippen molar-refractivity contribution >= 4 is 33.5 Å². The van der Waals surface area contributed by atoms with Crippen LogP contribution in [0.4, 0.5) is 0 Å². The van der Waals surface area contributed by atoms with E-state index in [-0.39, 0.29) is 0 Å². The van der Waals surface area contributed by atoms with E-state index >= 15 is 0 Å². The molecule has 0 amide bonds. The molecule has 0 unspecified atom stereocenters. The molecule has 0 fully saturated rings. The summed E-state index contributed by atoms with van der Waals surface area (Å²) in [5, 5.41) is 25.9. The number of rotatable bonds is 12. The zero-order valence-electron chi connectivity index (χ0n) is 27.6. The number of benzene rings is 4. The first kappa shape index (κ1) is 31.7. The van der Waals surface area contributed by atoms with Crippen molar-refractivity contribution < 1.29 is 4.74 Å². The SMILES string of the molecule is CCC(CC)NC(=N)c1ccc2cc(-c3ccc(Oc4ccc(-c5cc6ccc(C(=N)NC(CC)CC)cc6[nH]5)cc4)cc3)[nH]c2c1. The zero-order valence-corrected chi connectivity index (χ0v) is 27.6. The lowest BCUT2D eigenvalue weighted by Gasteiger charge is -2.16. The highest BCUT2D eigenvalue weighted by atomic mass is 16.5. The van der Waals surface area contributed by atoms with Gasteiger partial charge in [-0.05, 0) is 110 Å². The van der Waals surface area contributed by atoms with E-state index in [4.69, 9.17) is 15.6 Å². The summed E-state index contributed by atoms with van der Waals surface area (Å²) < 4.78 is 6.18. The van der Waals surface area contributed by atoms with Gasteiger partial charge in [-0.25, -0.2) is 0 Å². The summed E-state index contributed by atoms with van der Waals surface area (Å²) in [7, 11) is 0. The molecule has 6 rings (SSSR count). The second kappa shape index (κ2) is 14.0. The molecule has 6 aromatic rings. The van der Waals surface area contributed by atoms with Gasteiger partial charge in [0.25, 0.3) is 0 Å². The highest BCUT2D eigenvalue weighted by molar-refractivity contribution is 6.01. The Kier molecular flexibility index (Phi) is 9.43. The first-order valence-corrected chi connectivity index (χ1v) is 16.7. The molecule has 0 bridgehead atoms. The van der Waals surface area contributed by atoms with Gasteiger partial charge in [-0.2, -0.15) is 0 Å². The van der Waals surface area contributed by atoms with Crippen LogP contribution in [0.1, 0.15) is 64.5 Å². The minimum Gasteiger partial charge on any atom is -0.457 e. The van der Waals surface area contributed by atoms with E-state index in [2.05, 4.69) is 96.8 Å². The Bertz CT molecular complexity index is 1850. The van der Waals surface area contributed by atoms with Crippen LogP contribution in [-0.4, -0.2) is 33.7 Å². The van der Waals surface area contributed by atoms with Crippen LogP contribution in [-0.2, 0) is 0 Å². The first-order chi connectivity index (χ1) is 22.9. The van der Waals surface area contributed by atoms with Crippen molar-refractivity contribution in [3.63, 3.8) is 0 Å². The van der Waals surface area contributed by atoms with E-state index in [0.717, 1.165) is 92.6 Å². The largest absolute Gasteiger partial charge is 0.457 e. The lowest BCUT2D eigenvalue weighted by atomic mass is 10.1. The molecule has 7 heteroatoms. The Balaban J connectivity index is 1.11. The van der Waals surface area contributed by atoms with E-state index in [0.29, 0.717) is 23.8 Å². The number of amidine groups is 2. The Morgan fingerprint density at radius 3 is 1.30 bits per heavy atom. The molecule has 7 nitrogen and oxygen atoms in total. The van der Waals surface area contributed by atoms with E-state index in [1.54, 1.807) is 0 Å². The maximum atomic E-state index is 8.51. The summed E-state index contributed by atoms with van der Waals surface area (Å²) in [5.74, 6) is 2.46. The molecule has 2 heterocycles.